The van der Waals surface area contributed by atoms with Crippen molar-refractivity contribution in [3.8, 4) is 0 Å². The molecule has 1 aliphatic rings. The largest absolute Gasteiger partial charge is 0.481 e. The van der Waals surface area contributed by atoms with Gasteiger partial charge in [0.1, 0.15) is 0 Å². The lowest BCUT2D eigenvalue weighted by Crippen LogP contribution is -2.10. The Bertz CT molecular complexity index is 320. The quantitative estimate of drug-likeness (QED) is 0.787. The summed E-state index contributed by atoms with van der Waals surface area (Å²) in [5.41, 5.74) is 2.18. The number of aryl methyl sites for hydroxylation is 3. The maximum Gasteiger partial charge on any atom is 0.303 e. The molecule has 0 amide bonds. The first kappa shape index (κ1) is 9.24. The summed E-state index contributed by atoms with van der Waals surface area (Å²) in [7, 11) is 0. The maximum atomic E-state index is 10.4. The van der Waals surface area contributed by atoms with Crippen LogP contribution in [0.15, 0.2) is 6.07 Å². The molecule has 1 aliphatic heterocycles. The normalized spacial score (nSPS) is 15.1. The molecule has 1 aromatic rings. The summed E-state index contributed by atoms with van der Waals surface area (Å²) in [5.74, 6) is -0.754. The lowest BCUT2D eigenvalue weighted by atomic mass is 10.1. The number of carboxylic acids is 1. The predicted octanol–water partition coefficient (Wildman–Crippen LogP) is 1.24. The van der Waals surface area contributed by atoms with Crippen LogP contribution in [-0.4, -0.2) is 20.9 Å². The van der Waals surface area contributed by atoms with Gasteiger partial charge in [0.05, 0.1) is 12.1 Å². The number of hydrogen-bond donors (Lipinski definition) is 1. The second kappa shape index (κ2) is 3.82. The SMILES string of the molecule is O=C(O)CCc1cc2n(n1)CCCC2. The van der Waals surface area contributed by atoms with E-state index in [0.29, 0.717) is 6.42 Å². The van der Waals surface area contributed by atoms with Crippen molar-refractivity contribution in [2.75, 3.05) is 0 Å². The number of carbonyl (C=O) groups is 1. The number of carboxylic acid groups (broad SMARTS) is 1. The summed E-state index contributed by atoms with van der Waals surface area (Å²) < 4.78 is 2.01. The van der Waals surface area contributed by atoms with E-state index in [-0.39, 0.29) is 6.42 Å². The smallest absolute Gasteiger partial charge is 0.303 e. The highest BCUT2D eigenvalue weighted by molar-refractivity contribution is 5.66. The Morgan fingerprint density at radius 2 is 2.43 bits per heavy atom. The number of rotatable bonds is 3. The third-order valence-corrected chi connectivity index (χ3v) is 2.56. The minimum atomic E-state index is -0.754. The maximum absolute atomic E-state index is 10.4. The van der Waals surface area contributed by atoms with E-state index >= 15 is 0 Å². The summed E-state index contributed by atoms with van der Waals surface area (Å²) in [6.07, 6.45) is 4.23. The molecule has 1 N–H and O–H groups in total. The van der Waals surface area contributed by atoms with Gasteiger partial charge in [-0.1, -0.05) is 0 Å². The Balaban J connectivity index is 2.04. The molecule has 0 saturated heterocycles. The van der Waals surface area contributed by atoms with Crippen molar-refractivity contribution in [1.29, 1.82) is 0 Å². The van der Waals surface area contributed by atoms with Crippen LogP contribution >= 0.6 is 0 Å². The Kier molecular flexibility index (Phi) is 2.52. The first-order valence-corrected chi connectivity index (χ1v) is 5.03. The van der Waals surface area contributed by atoms with E-state index in [1.807, 2.05) is 10.7 Å². The third kappa shape index (κ3) is 1.95. The monoisotopic (exact) mass is 194 g/mol. The molecule has 2 rings (SSSR count). The van der Waals surface area contributed by atoms with E-state index in [9.17, 15) is 4.79 Å². The average molecular weight is 194 g/mol. The third-order valence-electron chi connectivity index (χ3n) is 2.56. The van der Waals surface area contributed by atoms with Crippen LogP contribution in [0.3, 0.4) is 0 Å². The number of aliphatic carboxylic acids is 1. The molecule has 0 aromatic carbocycles. The second-order valence-electron chi connectivity index (χ2n) is 3.70. The zero-order chi connectivity index (χ0) is 9.97. The van der Waals surface area contributed by atoms with E-state index in [0.717, 1.165) is 18.7 Å². The fraction of sp³-hybridized carbons (Fsp3) is 0.600. The number of hydrogen-bond acceptors (Lipinski definition) is 2. The van der Waals surface area contributed by atoms with Crippen LogP contribution in [0, 0.1) is 0 Å². The zero-order valence-corrected chi connectivity index (χ0v) is 8.07. The molecular formula is C10H14N2O2. The zero-order valence-electron chi connectivity index (χ0n) is 8.07. The van der Waals surface area contributed by atoms with Crippen molar-refractivity contribution in [3.05, 3.63) is 17.5 Å². The van der Waals surface area contributed by atoms with Gasteiger partial charge in [-0.25, -0.2) is 0 Å². The van der Waals surface area contributed by atoms with Gasteiger partial charge in [-0.05, 0) is 25.3 Å². The van der Waals surface area contributed by atoms with Gasteiger partial charge in [0, 0.05) is 18.7 Å². The predicted molar refractivity (Wildman–Crippen MR) is 51.1 cm³/mol. The van der Waals surface area contributed by atoms with Gasteiger partial charge < -0.3 is 5.11 Å². The molecule has 0 radical (unpaired) electrons. The van der Waals surface area contributed by atoms with Crippen LogP contribution in [0.1, 0.15) is 30.7 Å². The molecule has 1 aromatic heterocycles. The number of fused-ring (bicyclic) bond motifs is 1. The van der Waals surface area contributed by atoms with Gasteiger partial charge in [-0.3, -0.25) is 9.48 Å². The highest BCUT2D eigenvalue weighted by Crippen LogP contribution is 2.15. The molecule has 0 unspecified atom stereocenters. The first-order chi connectivity index (χ1) is 6.75. The molecule has 4 heteroatoms. The van der Waals surface area contributed by atoms with Crippen LogP contribution in [0.4, 0.5) is 0 Å². The topological polar surface area (TPSA) is 55.1 Å². The van der Waals surface area contributed by atoms with E-state index < -0.39 is 5.97 Å². The van der Waals surface area contributed by atoms with Crippen LogP contribution < -0.4 is 0 Å². The Morgan fingerprint density at radius 3 is 3.14 bits per heavy atom. The molecule has 0 bridgehead atoms. The molecular weight excluding hydrogens is 180 g/mol. The molecule has 0 fully saturated rings. The molecule has 14 heavy (non-hydrogen) atoms. The fourth-order valence-electron chi connectivity index (χ4n) is 1.83. The number of aromatic nitrogens is 2. The lowest BCUT2D eigenvalue weighted by Gasteiger charge is -2.11. The van der Waals surface area contributed by atoms with Gasteiger partial charge in [0.25, 0.3) is 0 Å². The lowest BCUT2D eigenvalue weighted by molar-refractivity contribution is -0.136. The van der Waals surface area contributed by atoms with Crippen molar-refractivity contribution in [2.24, 2.45) is 0 Å². The summed E-state index contributed by atoms with van der Waals surface area (Å²) in [4.78, 5) is 10.4. The fourth-order valence-corrected chi connectivity index (χ4v) is 1.83. The first-order valence-electron chi connectivity index (χ1n) is 5.03. The van der Waals surface area contributed by atoms with Crippen LogP contribution in [0.5, 0.6) is 0 Å². The highest BCUT2D eigenvalue weighted by atomic mass is 16.4. The highest BCUT2D eigenvalue weighted by Gasteiger charge is 2.12. The number of nitrogens with zero attached hydrogens (tertiary/aromatic N) is 2. The molecule has 0 saturated carbocycles. The summed E-state index contributed by atoms with van der Waals surface area (Å²) in [6, 6.07) is 2.04. The standard InChI is InChI=1S/C10H14N2O2/c13-10(14)5-4-8-7-9-3-1-2-6-12(9)11-8/h7H,1-6H2,(H,13,14). The van der Waals surface area contributed by atoms with E-state index in [1.54, 1.807) is 0 Å². The van der Waals surface area contributed by atoms with Crippen LogP contribution in [0.2, 0.25) is 0 Å². The molecule has 0 spiro atoms. The van der Waals surface area contributed by atoms with Gasteiger partial charge in [-0.15, -0.1) is 0 Å². The second-order valence-corrected chi connectivity index (χ2v) is 3.70. The van der Waals surface area contributed by atoms with Crippen molar-refractivity contribution in [2.45, 2.75) is 38.6 Å². The minimum absolute atomic E-state index is 0.177. The summed E-state index contributed by atoms with van der Waals surface area (Å²) >= 11 is 0. The van der Waals surface area contributed by atoms with Gasteiger partial charge in [0.15, 0.2) is 0 Å². The Hall–Kier alpha value is -1.32. The van der Waals surface area contributed by atoms with Gasteiger partial charge >= 0.3 is 5.97 Å². The molecule has 4 nitrogen and oxygen atoms in total. The summed E-state index contributed by atoms with van der Waals surface area (Å²) in [6.45, 7) is 0.988. The molecule has 0 aliphatic carbocycles. The van der Waals surface area contributed by atoms with E-state index in [2.05, 4.69) is 5.10 Å². The van der Waals surface area contributed by atoms with Gasteiger partial charge in [0.2, 0.25) is 0 Å². The van der Waals surface area contributed by atoms with Crippen LogP contribution in [-0.2, 0) is 24.2 Å². The van der Waals surface area contributed by atoms with E-state index in [1.165, 1.54) is 18.5 Å². The average Bonchev–Trinajstić information content (AvgIpc) is 2.57. The molecule has 2 heterocycles. The summed E-state index contributed by atoms with van der Waals surface area (Å²) in [5, 5.41) is 12.9. The Morgan fingerprint density at radius 1 is 1.57 bits per heavy atom. The van der Waals surface area contributed by atoms with Crippen molar-refractivity contribution in [1.82, 2.24) is 9.78 Å². The minimum Gasteiger partial charge on any atom is -0.481 e. The van der Waals surface area contributed by atoms with Crippen molar-refractivity contribution >= 4 is 5.97 Å². The Labute approximate surface area is 82.5 Å². The van der Waals surface area contributed by atoms with Crippen LogP contribution in [0.25, 0.3) is 0 Å². The van der Waals surface area contributed by atoms with E-state index in [4.69, 9.17) is 5.11 Å². The molecule has 76 valence electrons. The van der Waals surface area contributed by atoms with Crippen molar-refractivity contribution in [3.63, 3.8) is 0 Å². The van der Waals surface area contributed by atoms with Crippen molar-refractivity contribution < 1.29 is 9.90 Å². The molecule has 0 atom stereocenters. The van der Waals surface area contributed by atoms with Gasteiger partial charge in [-0.2, -0.15) is 5.10 Å².